The SMILES string of the molecule is CC1(C)CCC(=O)N1CC1(C2CCCCC2)CCN(C(=O)[C@@H]2CC(=O)C[C@H]2c2ccc(Cl)cc2)CC1. The summed E-state index contributed by atoms with van der Waals surface area (Å²) in [6.45, 7) is 6.71. The molecule has 0 spiro atoms. The summed E-state index contributed by atoms with van der Waals surface area (Å²) in [5, 5.41) is 0.667. The molecular formula is C30H41ClN2O3. The van der Waals surface area contributed by atoms with Gasteiger partial charge in [0.15, 0.2) is 0 Å². The van der Waals surface area contributed by atoms with Crippen LogP contribution in [0.15, 0.2) is 24.3 Å². The van der Waals surface area contributed by atoms with E-state index in [9.17, 15) is 14.4 Å². The van der Waals surface area contributed by atoms with Gasteiger partial charge in [-0.25, -0.2) is 0 Å². The van der Waals surface area contributed by atoms with Crippen molar-refractivity contribution in [3.8, 4) is 0 Å². The van der Waals surface area contributed by atoms with Gasteiger partial charge in [0.05, 0.1) is 5.92 Å². The summed E-state index contributed by atoms with van der Waals surface area (Å²) in [7, 11) is 0. The summed E-state index contributed by atoms with van der Waals surface area (Å²) >= 11 is 6.08. The number of Topliss-reactive ketones (excluding diaryl/α,β-unsaturated/α-hetero) is 1. The molecule has 2 aliphatic carbocycles. The normalized spacial score (nSPS) is 28.6. The van der Waals surface area contributed by atoms with Crippen molar-refractivity contribution in [1.29, 1.82) is 0 Å². The Bertz CT molecular complexity index is 990. The van der Waals surface area contributed by atoms with E-state index in [4.69, 9.17) is 11.6 Å². The smallest absolute Gasteiger partial charge is 0.226 e. The number of likely N-dealkylation sites (tertiary alicyclic amines) is 2. The number of carbonyl (C=O) groups is 3. The maximum Gasteiger partial charge on any atom is 0.226 e. The van der Waals surface area contributed by atoms with Crippen LogP contribution in [0.5, 0.6) is 0 Å². The average molecular weight is 513 g/mol. The second kappa shape index (κ2) is 10.1. The van der Waals surface area contributed by atoms with Crippen molar-refractivity contribution in [2.45, 2.75) is 95.9 Å². The second-order valence-electron chi connectivity index (χ2n) is 12.5. The van der Waals surface area contributed by atoms with Crippen molar-refractivity contribution in [3.05, 3.63) is 34.9 Å². The van der Waals surface area contributed by atoms with Crippen LogP contribution in [0.3, 0.4) is 0 Å². The number of ketones is 1. The van der Waals surface area contributed by atoms with E-state index >= 15 is 0 Å². The second-order valence-corrected chi connectivity index (χ2v) is 13.0. The topological polar surface area (TPSA) is 57.7 Å². The fraction of sp³-hybridized carbons (Fsp3) is 0.700. The molecule has 0 unspecified atom stereocenters. The van der Waals surface area contributed by atoms with E-state index in [-0.39, 0.29) is 34.5 Å². The minimum atomic E-state index is -0.278. The van der Waals surface area contributed by atoms with E-state index in [1.165, 1.54) is 32.1 Å². The van der Waals surface area contributed by atoms with Gasteiger partial charge in [-0.1, -0.05) is 43.0 Å². The van der Waals surface area contributed by atoms with Gasteiger partial charge in [0, 0.05) is 55.4 Å². The lowest BCUT2D eigenvalue weighted by Crippen LogP contribution is -2.55. The van der Waals surface area contributed by atoms with Crippen molar-refractivity contribution in [3.63, 3.8) is 0 Å². The van der Waals surface area contributed by atoms with E-state index in [1.807, 2.05) is 29.2 Å². The van der Waals surface area contributed by atoms with E-state index in [2.05, 4.69) is 18.7 Å². The predicted octanol–water partition coefficient (Wildman–Crippen LogP) is 5.99. The molecule has 1 aromatic rings. The number of nitrogens with zero attached hydrogens (tertiary/aromatic N) is 2. The third kappa shape index (κ3) is 4.97. The number of benzene rings is 1. The minimum absolute atomic E-state index is 0.0599. The summed E-state index contributed by atoms with van der Waals surface area (Å²) < 4.78 is 0. The number of hydrogen-bond acceptors (Lipinski definition) is 3. The van der Waals surface area contributed by atoms with Gasteiger partial charge in [-0.05, 0) is 75.0 Å². The summed E-state index contributed by atoms with van der Waals surface area (Å²) in [6, 6.07) is 7.62. The third-order valence-electron chi connectivity index (χ3n) is 9.99. The molecule has 1 aromatic carbocycles. The summed E-state index contributed by atoms with van der Waals surface area (Å²) in [5.74, 6) is 0.897. The number of hydrogen-bond donors (Lipinski definition) is 0. The molecule has 4 aliphatic rings. The molecule has 5 nitrogen and oxygen atoms in total. The van der Waals surface area contributed by atoms with E-state index in [0.717, 1.165) is 44.5 Å². The van der Waals surface area contributed by atoms with Crippen molar-refractivity contribution in [1.82, 2.24) is 9.80 Å². The molecule has 2 heterocycles. The number of halogens is 1. The van der Waals surface area contributed by atoms with Crippen LogP contribution >= 0.6 is 11.6 Å². The monoisotopic (exact) mass is 512 g/mol. The maximum absolute atomic E-state index is 13.8. The van der Waals surface area contributed by atoms with Gasteiger partial charge in [-0.3, -0.25) is 14.4 Å². The van der Waals surface area contributed by atoms with Gasteiger partial charge in [0.25, 0.3) is 0 Å². The quantitative estimate of drug-likeness (QED) is 0.486. The highest BCUT2D eigenvalue weighted by Gasteiger charge is 2.49. The van der Waals surface area contributed by atoms with Crippen LogP contribution in [0.2, 0.25) is 5.02 Å². The molecule has 2 aliphatic heterocycles. The average Bonchev–Trinajstić information content (AvgIpc) is 3.39. The Morgan fingerprint density at radius 3 is 2.25 bits per heavy atom. The first-order valence-electron chi connectivity index (χ1n) is 14.0. The zero-order valence-corrected chi connectivity index (χ0v) is 22.7. The molecule has 2 saturated carbocycles. The van der Waals surface area contributed by atoms with Gasteiger partial charge in [0.1, 0.15) is 5.78 Å². The molecule has 0 aromatic heterocycles. The van der Waals surface area contributed by atoms with Crippen LogP contribution in [-0.4, -0.2) is 52.6 Å². The number of rotatable bonds is 5. The van der Waals surface area contributed by atoms with Crippen molar-refractivity contribution < 1.29 is 14.4 Å². The lowest BCUT2D eigenvalue weighted by Gasteiger charge is -2.51. The first-order chi connectivity index (χ1) is 17.2. The minimum Gasteiger partial charge on any atom is -0.342 e. The molecule has 2 saturated heterocycles. The molecule has 2 amide bonds. The van der Waals surface area contributed by atoms with Crippen molar-refractivity contribution in [2.24, 2.45) is 17.3 Å². The Morgan fingerprint density at radius 2 is 1.64 bits per heavy atom. The van der Waals surface area contributed by atoms with E-state index < -0.39 is 0 Å². The Morgan fingerprint density at radius 1 is 0.972 bits per heavy atom. The Kier molecular flexibility index (Phi) is 7.24. The Hall–Kier alpha value is -1.88. The Labute approximate surface area is 220 Å². The first kappa shape index (κ1) is 25.8. The van der Waals surface area contributed by atoms with Crippen LogP contribution in [0, 0.1) is 17.3 Å². The van der Waals surface area contributed by atoms with Crippen LogP contribution in [0.4, 0.5) is 0 Å². The molecule has 2 atom stereocenters. The summed E-state index contributed by atoms with van der Waals surface area (Å²) in [4.78, 5) is 43.3. The van der Waals surface area contributed by atoms with Gasteiger partial charge < -0.3 is 9.80 Å². The zero-order chi connectivity index (χ0) is 25.5. The number of piperidine rings is 1. The van der Waals surface area contributed by atoms with Crippen molar-refractivity contribution >= 4 is 29.2 Å². The van der Waals surface area contributed by atoms with Crippen LogP contribution < -0.4 is 0 Å². The molecule has 36 heavy (non-hydrogen) atoms. The molecule has 0 bridgehead atoms. The van der Waals surface area contributed by atoms with Gasteiger partial charge in [-0.2, -0.15) is 0 Å². The van der Waals surface area contributed by atoms with Gasteiger partial charge in [-0.15, -0.1) is 0 Å². The summed E-state index contributed by atoms with van der Waals surface area (Å²) in [6.07, 6.45) is 10.6. The molecule has 6 heteroatoms. The van der Waals surface area contributed by atoms with Gasteiger partial charge in [0.2, 0.25) is 11.8 Å². The summed E-state index contributed by atoms with van der Waals surface area (Å²) in [5.41, 5.74) is 1.05. The predicted molar refractivity (Wildman–Crippen MR) is 142 cm³/mol. The molecular weight excluding hydrogens is 472 g/mol. The third-order valence-corrected chi connectivity index (χ3v) is 10.2. The molecule has 0 N–H and O–H groups in total. The highest BCUT2D eigenvalue weighted by atomic mass is 35.5. The molecule has 196 valence electrons. The standard InChI is InChI=1S/C30H41ClN2O3/c1-29(2)13-12-27(35)33(29)20-30(22-6-4-3-5-7-22)14-16-32(17-15-30)28(36)26-19-24(34)18-25(26)21-8-10-23(31)11-9-21/h8-11,22,25-26H,3-7,12-20H2,1-2H3/t25-,26+/m0/s1. The van der Waals surface area contributed by atoms with E-state index in [0.29, 0.717) is 36.1 Å². The van der Waals surface area contributed by atoms with Crippen LogP contribution in [0.25, 0.3) is 0 Å². The fourth-order valence-corrected chi connectivity index (χ4v) is 7.76. The lowest BCUT2D eigenvalue weighted by atomic mass is 9.63. The highest BCUT2D eigenvalue weighted by molar-refractivity contribution is 6.30. The van der Waals surface area contributed by atoms with E-state index in [1.54, 1.807) is 0 Å². The van der Waals surface area contributed by atoms with Crippen LogP contribution in [0.1, 0.15) is 96.0 Å². The molecule has 5 rings (SSSR count). The molecule has 0 radical (unpaired) electrons. The maximum atomic E-state index is 13.8. The largest absolute Gasteiger partial charge is 0.342 e. The zero-order valence-electron chi connectivity index (χ0n) is 21.9. The highest BCUT2D eigenvalue weighted by Crippen LogP contribution is 2.49. The fourth-order valence-electron chi connectivity index (χ4n) is 7.63. The lowest BCUT2D eigenvalue weighted by molar-refractivity contribution is -0.143. The van der Waals surface area contributed by atoms with Gasteiger partial charge >= 0.3 is 0 Å². The molecule has 4 fully saturated rings. The van der Waals surface area contributed by atoms with Crippen molar-refractivity contribution in [2.75, 3.05) is 19.6 Å². The number of amides is 2. The first-order valence-corrected chi connectivity index (χ1v) is 14.4. The van der Waals surface area contributed by atoms with Crippen LogP contribution in [-0.2, 0) is 14.4 Å². The number of carbonyl (C=O) groups excluding carboxylic acids is 3. The Balaban J connectivity index is 1.32.